The highest BCUT2D eigenvalue weighted by molar-refractivity contribution is 5.82. The van der Waals surface area contributed by atoms with Gasteiger partial charge in [-0.1, -0.05) is 35.5 Å². The fraction of sp³-hybridized carbons (Fsp3) is 0.238. The van der Waals surface area contributed by atoms with Crippen LogP contribution in [-0.2, 0) is 6.54 Å². The Labute approximate surface area is 173 Å². The number of benzene rings is 1. The van der Waals surface area contributed by atoms with E-state index in [1.165, 1.54) is 0 Å². The van der Waals surface area contributed by atoms with Crippen molar-refractivity contribution >= 4 is 22.8 Å². The lowest BCUT2D eigenvalue weighted by Crippen LogP contribution is -2.47. The summed E-state index contributed by atoms with van der Waals surface area (Å²) in [6, 6.07) is 15.8. The number of pyridine rings is 1. The van der Waals surface area contributed by atoms with Gasteiger partial charge in [-0.15, -0.1) is 5.10 Å². The van der Waals surface area contributed by atoms with Crippen molar-refractivity contribution in [3.05, 3.63) is 66.1 Å². The maximum Gasteiger partial charge on any atom is 0.184 e. The summed E-state index contributed by atoms with van der Waals surface area (Å²) in [4.78, 5) is 17.7. The molecule has 0 saturated carbocycles. The number of aromatic nitrogens is 6. The van der Waals surface area contributed by atoms with Crippen LogP contribution in [0.4, 0.5) is 11.6 Å². The van der Waals surface area contributed by atoms with Crippen LogP contribution in [0.1, 0.15) is 11.1 Å². The first-order valence-electron chi connectivity index (χ1n) is 9.76. The average Bonchev–Trinajstić information content (AvgIpc) is 3.23. The summed E-state index contributed by atoms with van der Waals surface area (Å²) in [5.74, 6) is 1.63. The van der Waals surface area contributed by atoms with Gasteiger partial charge in [0.1, 0.15) is 12.1 Å². The molecule has 4 aromatic rings. The predicted molar refractivity (Wildman–Crippen MR) is 112 cm³/mol. The Morgan fingerprint density at radius 1 is 0.933 bits per heavy atom. The number of nitrogens with zero attached hydrogens (tertiary/aromatic N) is 9. The van der Waals surface area contributed by atoms with Crippen molar-refractivity contribution < 1.29 is 0 Å². The molecule has 1 aliphatic heterocycles. The highest BCUT2D eigenvalue weighted by Crippen LogP contribution is 2.23. The normalized spacial score (nSPS) is 14.1. The highest BCUT2D eigenvalue weighted by atomic mass is 15.5. The predicted octanol–water partition coefficient (Wildman–Crippen LogP) is 1.86. The van der Waals surface area contributed by atoms with Gasteiger partial charge in [0.05, 0.1) is 18.2 Å². The van der Waals surface area contributed by atoms with E-state index in [-0.39, 0.29) is 0 Å². The second-order valence-corrected chi connectivity index (χ2v) is 7.09. The second kappa shape index (κ2) is 7.75. The van der Waals surface area contributed by atoms with E-state index in [1.807, 2.05) is 28.9 Å². The minimum Gasteiger partial charge on any atom is -0.353 e. The molecule has 3 aromatic heterocycles. The van der Waals surface area contributed by atoms with E-state index in [0.717, 1.165) is 49.0 Å². The number of hydrogen-bond acceptors (Lipinski definition) is 8. The number of nitriles is 1. The molecule has 5 rings (SSSR count). The van der Waals surface area contributed by atoms with Crippen molar-refractivity contribution in [2.45, 2.75) is 6.54 Å². The van der Waals surface area contributed by atoms with Crippen LogP contribution >= 0.6 is 0 Å². The van der Waals surface area contributed by atoms with Gasteiger partial charge in [0, 0.05) is 32.4 Å². The van der Waals surface area contributed by atoms with Crippen molar-refractivity contribution in [2.24, 2.45) is 0 Å². The van der Waals surface area contributed by atoms with Crippen molar-refractivity contribution in [1.29, 1.82) is 5.26 Å². The Bertz CT molecular complexity index is 1200. The molecular formula is C21H19N9. The average molecular weight is 397 g/mol. The highest BCUT2D eigenvalue weighted by Gasteiger charge is 2.23. The summed E-state index contributed by atoms with van der Waals surface area (Å²) in [6.07, 6.45) is 3.26. The number of piperazine rings is 1. The molecule has 4 heterocycles. The largest absolute Gasteiger partial charge is 0.353 e. The molecule has 0 unspecified atom stereocenters. The second-order valence-electron chi connectivity index (χ2n) is 7.09. The molecule has 1 aromatic carbocycles. The van der Waals surface area contributed by atoms with E-state index in [0.29, 0.717) is 17.6 Å². The first-order valence-corrected chi connectivity index (χ1v) is 9.76. The van der Waals surface area contributed by atoms with Crippen LogP contribution in [0, 0.1) is 11.3 Å². The molecule has 148 valence electrons. The van der Waals surface area contributed by atoms with Crippen molar-refractivity contribution in [2.75, 3.05) is 36.0 Å². The van der Waals surface area contributed by atoms with E-state index in [9.17, 15) is 0 Å². The lowest BCUT2D eigenvalue weighted by Gasteiger charge is -2.35. The lowest BCUT2D eigenvalue weighted by molar-refractivity contribution is 0.642. The topological polar surface area (TPSA) is 99.7 Å². The van der Waals surface area contributed by atoms with Crippen molar-refractivity contribution in [3.8, 4) is 6.07 Å². The summed E-state index contributed by atoms with van der Waals surface area (Å²) in [7, 11) is 0. The smallest absolute Gasteiger partial charge is 0.184 e. The van der Waals surface area contributed by atoms with Crippen LogP contribution < -0.4 is 9.80 Å². The maximum atomic E-state index is 9.11. The van der Waals surface area contributed by atoms with E-state index < -0.39 is 0 Å². The molecule has 30 heavy (non-hydrogen) atoms. The first-order chi connectivity index (χ1) is 14.8. The van der Waals surface area contributed by atoms with Gasteiger partial charge in [-0.2, -0.15) is 5.26 Å². The van der Waals surface area contributed by atoms with Gasteiger partial charge < -0.3 is 9.80 Å². The molecule has 1 saturated heterocycles. The van der Waals surface area contributed by atoms with E-state index in [4.69, 9.17) is 5.26 Å². The fourth-order valence-electron chi connectivity index (χ4n) is 3.68. The van der Waals surface area contributed by atoms with Gasteiger partial charge in [-0.25, -0.2) is 19.6 Å². The zero-order valence-corrected chi connectivity index (χ0v) is 16.3. The fourth-order valence-corrected chi connectivity index (χ4v) is 3.68. The molecular weight excluding hydrogens is 378 g/mol. The Hall–Kier alpha value is -4.06. The van der Waals surface area contributed by atoms with Crippen LogP contribution in [0.25, 0.3) is 11.2 Å². The Morgan fingerprint density at radius 2 is 1.73 bits per heavy atom. The molecule has 0 N–H and O–H groups in total. The lowest BCUT2D eigenvalue weighted by atomic mass is 10.2. The quantitative estimate of drug-likeness (QED) is 0.514. The number of rotatable bonds is 4. The third-order valence-corrected chi connectivity index (χ3v) is 5.23. The maximum absolute atomic E-state index is 9.11. The van der Waals surface area contributed by atoms with E-state index >= 15 is 0 Å². The Kier molecular flexibility index (Phi) is 4.65. The standard InChI is InChI=1S/C21H19N9/c22-13-17-6-7-23-18(12-17)28-8-10-29(11-9-28)20-19-21(25-15-24-20)30(27-26-19)14-16-4-2-1-3-5-16/h1-7,12,15H,8-11,14H2. The van der Waals surface area contributed by atoms with Crippen LogP contribution in [0.3, 0.4) is 0 Å². The van der Waals surface area contributed by atoms with Crippen LogP contribution in [0.5, 0.6) is 0 Å². The van der Waals surface area contributed by atoms with Gasteiger partial charge in [-0.05, 0) is 17.7 Å². The third kappa shape index (κ3) is 3.39. The van der Waals surface area contributed by atoms with Gasteiger partial charge >= 0.3 is 0 Å². The zero-order valence-electron chi connectivity index (χ0n) is 16.3. The Morgan fingerprint density at radius 3 is 2.53 bits per heavy atom. The van der Waals surface area contributed by atoms with Crippen LogP contribution in [-0.4, -0.2) is 56.1 Å². The molecule has 0 radical (unpaired) electrons. The first kappa shape index (κ1) is 18.0. The molecule has 9 nitrogen and oxygen atoms in total. The molecule has 0 aliphatic carbocycles. The van der Waals surface area contributed by atoms with Gasteiger partial charge in [0.25, 0.3) is 0 Å². The van der Waals surface area contributed by atoms with Crippen LogP contribution in [0.15, 0.2) is 55.0 Å². The summed E-state index contributed by atoms with van der Waals surface area (Å²) in [5, 5.41) is 17.8. The van der Waals surface area contributed by atoms with Gasteiger partial charge in [0.15, 0.2) is 17.0 Å². The van der Waals surface area contributed by atoms with Gasteiger partial charge in [0.2, 0.25) is 0 Å². The third-order valence-electron chi connectivity index (χ3n) is 5.23. The minimum absolute atomic E-state index is 0.614. The number of anilines is 2. The molecule has 0 bridgehead atoms. The summed E-state index contributed by atoms with van der Waals surface area (Å²) in [6.45, 7) is 3.73. The molecule has 9 heteroatoms. The number of hydrogen-bond donors (Lipinski definition) is 0. The summed E-state index contributed by atoms with van der Waals surface area (Å²) < 4.78 is 1.81. The summed E-state index contributed by atoms with van der Waals surface area (Å²) in [5.41, 5.74) is 3.21. The SMILES string of the molecule is N#Cc1ccnc(N2CCN(c3ncnc4c3nnn4Cc3ccccc3)CC2)c1. The van der Waals surface area contributed by atoms with Gasteiger partial charge in [-0.3, -0.25) is 0 Å². The molecule has 1 aliphatic rings. The van der Waals surface area contributed by atoms with Crippen molar-refractivity contribution in [3.63, 3.8) is 0 Å². The summed E-state index contributed by atoms with van der Waals surface area (Å²) >= 11 is 0. The van der Waals surface area contributed by atoms with E-state index in [1.54, 1.807) is 18.6 Å². The molecule has 1 fully saturated rings. The molecule has 0 spiro atoms. The minimum atomic E-state index is 0.614. The Balaban J connectivity index is 1.35. The molecule has 0 atom stereocenters. The van der Waals surface area contributed by atoms with Crippen molar-refractivity contribution in [1.82, 2.24) is 29.9 Å². The zero-order chi connectivity index (χ0) is 20.3. The van der Waals surface area contributed by atoms with E-state index in [2.05, 4.69) is 53.3 Å². The monoisotopic (exact) mass is 397 g/mol. The number of fused-ring (bicyclic) bond motifs is 1. The molecule has 0 amide bonds. The van der Waals surface area contributed by atoms with Crippen LogP contribution in [0.2, 0.25) is 0 Å².